The minimum Gasteiger partial charge on any atom is -1.00 e. The molecule has 204 valence electrons. The van der Waals surface area contributed by atoms with E-state index in [-0.39, 0.29) is 20.3 Å². The smallest absolute Gasteiger partial charge is 1.00 e. The SMILES string of the molecule is COC(c1ccc(C(=O)NC(CCSC)C(=O)O)c(-c2ccccc2C)c1)c1cnc(-c2ccccc2Cl)o1.[H-].[Li+]. The van der Waals surface area contributed by atoms with Crippen molar-refractivity contribution in [3.8, 4) is 22.6 Å². The zero-order chi connectivity index (χ0) is 27.9. The van der Waals surface area contributed by atoms with Gasteiger partial charge in [-0.3, -0.25) is 4.79 Å². The number of nitrogens with zero attached hydrogens (tertiary/aromatic N) is 1. The van der Waals surface area contributed by atoms with Crippen molar-refractivity contribution in [1.29, 1.82) is 0 Å². The van der Waals surface area contributed by atoms with Gasteiger partial charge >= 0.3 is 24.8 Å². The van der Waals surface area contributed by atoms with Crippen LogP contribution in [-0.4, -0.2) is 47.1 Å². The normalized spacial score (nSPS) is 12.3. The second-order valence-electron chi connectivity index (χ2n) is 8.93. The molecule has 7 nitrogen and oxygen atoms in total. The molecule has 4 aromatic rings. The molecule has 0 spiro atoms. The predicted octanol–water partition coefficient (Wildman–Crippen LogP) is 3.76. The van der Waals surface area contributed by atoms with Gasteiger partial charge in [0.25, 0.3) is 5.91 Å². The first-order valence-electron chi connectivity index (χ1n) is 12.3. The second-order valence-corrected chi connectivity index (χ2v) is 10.3. The number of aliphatic carboxylic acids is 1. The summed E-state index contributed by atoms with van der Waals surface area (Å²) in [6.07, 6.45) is 3.21. The molecule has 0 aliphatic carbocycles. The van der Waals surface area contributed by atoms with Crippen LogP contribution in [0.3, 0.4) is 0 Å². The first-order chi connectivity index (χ1) is 18.8. The average molecular weight is 573 g/mol. The summed E-state index contributed by atoms with van der Waals surface area (Å²) in [6.45, 7) is 1.96. The molecular weight excluding hydrogens is 543 g/mol. The van der Waals surface area contributed by atoms with E-state index in [1.54, 1.807) is 31.5 Å². The Morgan fingerprint density at radius 2 is 1.80 bits per heavy atom. The van der Waals surface area contributed by atoms with E-state index in [2.05, 4.69) is 10.3 Å². The predicted molar refractivity (Wildman–Crippen MR) is 155 cm³/mol. The molecule has 1 heterocycles. The van der Waals surface area contributed by atoms with Gasteiger partial charge < -0.3 is 21.0 Å². The third-order valence-corrected chi connectivity index (χ3v) is 7.34. The van der Waals surface area contributed by atoms with Gasteiger partial charge in [-0.25, -0.2) is 9.78 Å². The number of ether oxygens (including phenoxy) is 1. The van der Waals surface area contributed by atoms with Crippen LogP contribution >= 0.6 is 23.4 Å². The number of halogens is 1. The molecule has 10 heteroatoms. The molecule has 1 aromatic heterocycles. The van der Waals surface area contributed by atoms with Crippen molar-refractivity contribution >= 4 is 35.2 Å². The standard InChI is InChI=1S/C30H29ClN2O5S.Li.H/c1-18-8-4-5-9-20(18)23-16-19(12-13-21(23)28(34)33-25(30(35)36)14-15-39-3)27(37-2)26-17-32-29(38-26)22-10-6-7-11-24(22)31;;/h4-13,16-17,25,27H,14-15H2,1-3H3,(H,33,34)(H,35,36);;/q;+1;-1. The van der Waals surface area contributed by atoms with Crippen molar-refractivity contribution in [2.45, 2.75) is 25.5 Å². The largest absolute Gasteiger partial charge is 1.00 e. The number of methoxy groups -OCH3 is 1. The number of amides is 1. The average Bonchev–Trinajstić information content (AvgIpc) is 3.41. The number of hydrogen-bond acceptors (Lipinski definition) is 6. The quantitative estimate of drug-likeness (QED) is 0.264. The van der Waals surface area contributed by atoms with E-state index in [1.807, 2.05) is 61.7 Å². The minimum atomic E-state index is -1.06. The first-order valence-corrected chi connectivity index (χ1v) is 14.1. The van der Waals surface area contributed by atoms with Gasteiger partial charge in [-0.2, -0.15) is 11.8 Å². The van der Waals surface area contributed by atoms with Crippen LogP contribution in [0.1, 0.15) is 41.2 Å². The summed E-state index contributed by atoms with van der Waals surface area (Å²) < 4.78 is 11.9. The number of thioether (sulfide) groups is 1. The minimum absolute atomic E-state index is 0. The number of carboxylic acids is 1. The Hall–Kier alpha value is -2.99. The maximum absolute atomic E-state index is 13.4. The van der Waals surface area contributed by atoms with Gasteiger partial charge in [0, 0.05) is 12.7 Å². The summed E-state index contributed by atoms with van der Waals surface area (Å²) in [4.78, 5) is 29.6. The van der Waals surface area contributed by atoms with Gasteiger partial charge in [0.05, 0.1) is 16.8 Å². The van der Waals surface area contributed by atoms with Crippen LogP contribution in [-0.2, 0) is 9.53 Å². The third-order valence-electron chi connectivity index (χ3n) is 6.36. The van der Waals surface area contributed by atoms with Crippen LogP contribution in [0.4, 0.5) is 0 Å². The van der Waals surface area contributed by atoms with E-state index in [4.69, 9.17) is 20.8 Å². The van der Waals surface area contributed by atoms with Crippen molar-refractivity contribution in [3.63, 3.8) is 0 Å². The molecule has 0 fully saturated rings. The molecule has 3 aromatic carbocycles. The van der Waals surface area contributed by atoms with Crippen molar-refractivity contribution in [2.75, 3.05) is 19.1 Å². The zero-order valence-electron chi connectivity index (χ0n) is 23.8. The fraction of sp³-hybridized carbons (Fsp3) is 0.233. The monoisotopic (exact) mass is 572 g/mol. The summed E-state index contributed by atoms with van der Waals surface area (Å²) in [7, 11) is 1.57. The van der Waals surface area contributed by atoms with Crippen molar-refractivity contribution < 1.29 is 44.1 Å². The zero-order valence-corrected chi connectivity index (χ0v) is 24.4. The van der Waals surface area contributed by atoms with Crippen LogP contribution in [0, 0.1) is 6.92 Å². The number of oxazole rings is 1. The van der Waals surface area contributed by atoms with Gasteiger partial charge in [-0.05, 0) is 71.9 Å². The Morgan fingerprint density at radius 1 is 1.10 bits per heavy atom. The Kier molecular flexibility index (Phi) is 11.5. The molecule has 0 saturated heterocycles. The van der Waals surface area contributed by atoms with E-state index in [1.165, 1.54) is 11.8 Å². The van der Waals surface area contributed by atoms with E-state index in [0.717, 1.165) is 16.7 Å². The van der Waals surface area contributed by atoms with E-state index < -0.39 is 24.0 Å². The molecule has 0 aliphatic heterocycles. The number of rotatable bonds is 11. The number of nitrogens with one attached hydrogen (secondary N) is 1. The summed E-state index contributed by atoms with van der Waals surface area (Å²) in [6, 6.07) is 19.4. The molecule has 40 heavy (non-hydrogen) atoms. The van der Waals surface area contributed by atoms with Gasteiger partial charge in [0.15, 0.2) is 5.76 Å². The molecule has 4 rings (SSSR count). The van der Waals surface area contributed by atoms with Crippen LogP contribution < -0.4 is 24.2 Å². The third kappa shape index (κ3) is 7.20. The van der Waals surface area contributed by atoms with Crippen molar-refractivity contribution in [1.82, 2.24) is 10.3 Å². The topological polar surface area (TPSA) is 102 Å². The van der Waals surface area contributed by atoms with Crippen LogP contribution in [0.25, 0.3) is 22.6 Å². The fourth-order valence-electron chi connectivity index (χ4n) is 4.33. The van der Waals surface area contributed by atoms with Crippen LogP contribution in [0.5, 0.6) is 0 Å². The number of aromatic nitrogens is 1. The van der Waals surface area contributed by atoms with Gasteiger partial charge in [0.1, 0.15) is 12.1 Å². The molecule has 2 N–H and O–H groups in total. The number of carbonyl (C=O) groups is 2. The number of benzene rings is 3. The van der Waals surface area contributed by atoms with Gasteiger partial charge in [-0.1, -0.05) is 54.1 Å². The first kappa shape index (κ1) is 31.5. The maximum atomic E-state index is 13.4. The fourth-order valence-corrected chi connectivity index (χ4v) is 5.02. The molecule has 0 radical (unpaired) electrons. The molecule has 0 saturated carbocycles. The molecule has 2 unspecified atom stereocenters. The summed E-state index contributed by atoms with van der Waals surface area (Å²) in [5, 5.41) is 12.9. The number of carboxylic acid groups (broad SMARTS) is 1. The number of aryl methyl sites for hydroxylation is 1. The Balaban J connectivity index is 0.00000294. The van der Waals surface area contributed by atoms with Crippen LogP contribution in [0.2, 0.25) is 5.02 Å². The van der Waals surface area contributed by atoms with Crippen molar-refractivity contribution in [2.24, 2.45) is 0 Å². The second kappa shape index (κ2) is 14.6. The van der Waals surface area contributed by atoms with Crippen LogP contribution in [0.15, 0.2) is 77.3 Å². The Morgan fingerprint density at radius 3 is 2.45 bits per heavy atom. The molecule has 1 amide bonds. The van der Waals surface area contributed by atoms with E-state index in [9.17, 15) is 14.7 Å². The summed E-state index contributed by atoms with van der Waals surface area (Å²) in [5.74, 6) is -0.0569. The molecule has 2 atom stereocenters. The molecule has 0 aliphatic rings. The van der Waals surface area contributed by atoms with E-state index in [0.29, 0.717) is 45.5 Å². The summed E-state index contributed by atoms with van der Waals surface area (Å²) >= 11 is 7.85. The molecule has 0 bridgehead atoms. The Bertz CT molecular complexity index is 1480. The van der Waals surface area contributed by atoms with Crippen molar-refractivity contribution in [3.05, 3.63) is 100 Å². The number of carbonyl (C=O) groups excluding carboxylic acids is 1. The van der Waals surface area contributed by atoms with E-state index >= 15 is 0 Å². The molecular formula is C30H30ClLiN2O5S. The summed E-state index contributed by atoms with van der Waals surface area (Å²) in [5.41, 5.74) is 4.26. The maximum Gasteiger partial charge on any atom is 1.00 e. The number of hydrogen-bond donors (Lipinski definition) is 2. The van der Waals surface area contributed by atoms with Gasteiger partial charge in [-0.15, -0.1) is 0 Å². The van der Waals surface area contributed by atoms with Gasteiger partial charge in [0.2, 0.25) is 5.89 Å². The Labute approximate surface area is 256 Å².